The molecule has 1 aliphatic rings. The van der Waals surface area contributed by atoms with Gasteiger partial charge in [-0.1, -0.05) is 30.3 Å². The van der Waals surface area contributed by atoms with Crippen LogP contribution in [0.3, 0.4) is 0 Å². The van der Waals surface area contributed by atoms with E-state index in [9.17, 15) is 4.79 Å². The highest BCUT2D eigenvalue weighted by Gasteiger charge is 2.23. The quantitative estimate of drug-likeness (QED) is 0.683. The van der Waals surface area contributed by atoms with Crippen LogP contribution in [0.5, 0.6) is 0 Å². The molecule has 24 heavy (non-hydrogen) atoms. The van der Waals surface area contributed by atoms with E-state index in [4.69, 9.17) is 0 Å². The molecule has 2 N–H and O–H groups in total. The van der Waals surface area contributed by atoms with Crippen LogP contribution in [0.4, 0.5) is 0 Å². The van der Waals surface area contributed by atoms with E-state index in [0.717, 1.165) is 29.5 Å². The van der Waals surface area contributed by atoms with E-state index in [0.29, 0.717) is 6.04 Å². The maximum absolute atomic E-state index is 12.0. The molecule has 1 aliphatic carbocycles. The summed E-state index contributed by atoms with van der Waals surface area (Å²) in [7, 11) is 0. The van der Waals surface area contributed by atoms with Crippen molar-refractivity contribution in [2.24, 2.45) is 0 Å². The van der Waals surface area contributed by atoms with Crippen molar-refractivity contribution in [3.63, 3.8) is 0 Å². The number of hydrogen-bond acceptors (Lipinski definition) is 1. The SMILES string of the molecule is CC(=Cc1ccc(-c2ccc3[nH]ccc3c2)cc1)C(=O)NC1CC1. The predicted molar refractivity (Wildman–Crippen MR) is 98.6 cm³/mol. The maximum Gasteiger partial charge on any atom is 0.247 e. The Morgan fingerprint density at radius 3 is 2.58 bits per heavy atom. The summed E-state index contributed by atoms with van der Waals surface area (Å²) >= 11 is 0. The fourth-order valence-electron chi connectivity index (χ4n) is 2.85. The number of nitrogens with one attached hydrogen (secondary N) is 2. The molecule has 4 rings (SSSR count). The minimum Gasteiger partial charge on any atom is -0.361 e. The van der Waals surface area contributed by atoms with Gasteiger partial charge in [-0.25, -0.2) is 0 Å². The first kappa shape index (κ1) is 14.8. The lowest BCUT2D eigenvalue weighted by Crippen LogP contribution is -2.25. The van der Waals surface area contributed by atoms with Crippen LogP contribution in [0.2, 0.25) is 0 Å². The van der Waals surface area contributed by atoms with Gasteiger partial charge in [0.2, 0.25) is 5.91 Å². The third kappa shape index (κ3) is 3.11. The second kappa shape index (κ2) is 6.00. The summed E-state index contributed by atoms with van der Waals surface area (Å²) in [6.45, 7) is 1.87. The summed E-state index contributed by atoms with van der Waals surface area (Å²) in [5, 5.41) is 4.23. The molecule has 3 heteroatoms. The van der Waals surface area contributed by atoms with E-state index in [1.54, 1.807) is 0 Å². The third-order valence-corrected chi connectivity index (χ3v) is 4.45. The van der Waals surface area contributed by atoms with Crippen molar-refractivity contribution >= 4 is 22.9 Å². The third-order valence-electron chi connectivity index (χ3n) is 4.45. The van der Waals surface area contributed by atoms with Gasteiger partial charge in [0.15, 0.2) is 0 Å². The molecule has 1 saturated carbocycles. The molecule has 0 aliphatic heterocycles. The van der Waals surface area contributed by atoms with Crippen LogP contribution in [0.1, 0.15) is 25.3 Å². The molecule has 120 valence electrons. The van der Waals surface area contributed by atoms with Crippen molar-refractivity contribution in [2.45, 2.75) is 25.8 Å². The van der Waals surface area contributed by atoms with Crippen LogP contribution >= 0.6 is 0 Å². The first-order valence-electron chi connectivity index (χ1n) is 8.36. The summed E-state index contributed by atoms with van der Waals surface area (Å²) in [6.07, 6.45) is 6.12. The van der Waals surface area contributed by atoms with Crippen molar-refractivity contribution in [1.82, 2.24) is 10.3 Å². The minimum atomic E-state index is 0.0412. The summed E-state index contributed by atoms with van der Waals surface area (Å²) in [6, 6.07) is 17.2. The van der Waals surface area contributed by atoms with Crippen LogP contribution in [-0.2, 0) is 4.79 Å². The number of amides is 1. The molecule has 1 heterocycles. The number of fused-ring (bicyclic) bond motifs is 1. The Labute approximate surface area is 141 Å². The molecule has 3 nitrogen and oxygen atoms in total. The standard InChI is InChI=1S/C21H20N2O/c1-14(21(24)23-19-7-8-19)12-15-2-4-16(5-3-15)17-6-9-20-18(13-17)10-11-22-20/h2-6,9-13,19,22H,7-8H2,1H3,(H,23,24). The molecule has 1 amide bonds. The van der Waals surface area contributed by atoms with Crippen molar-refractivity contribution < 1.29 is 4.79 Å². The molecular formula is C21H20N2O. The molecule has 3 aromatic rings. The van der Waals surface area contributed by atoms with E-state index in [1.807, 2.05) is 19.2 Å². The van der Waals surface area contributed by atoms with Gasteiger partial charge in [0.1, 0.15) is 0 Å². The molecular weight excluding hydrogens is 296 g/mol. The van der Waals surface area contributed by atoms with Gasteiger partial charge >= 0.3 is 0 Å². The Morgan fingerprint density at radius 1 is 1.08 bits per heavy atom. The Kier molecular flexibility index (Phi) is 3.69. The first-order chi connectivity index (χ1) is 11.7. The highest BCUT2D eigenvalue weighted by atomic mass is 16.1. The summed E-state index contributed by atoms with van der Waals surface area (Å²) < 4.78 is 0. The van der Waals surface area contributed by atoms with Crippen molar-refractivity contribution in [1.29, 1.82) is 0 Å². The van der Waals surface area contributed by atoms with Crippen molar-refractivity contribution in [3.05, 3.63) is 65.9 Å². The Balaban J connectivity index is 1.54. The van der Waals surface area contributed by atoms with E-state index in [1.165, 1.54) is 16.5 Å². The van der Waals surface area contributed by atoms with Crippen LogP contribution < -0.4 is 5.32 Å². The number of H-pyrrole nitrogens is 1. The average molecular weight is 316 g/mol. The van der Waals surface area contributed by atoms with Gasteiger partial charge < -0.3 is 10.3 Å². The average Bonchev–Trinajstić information content (AvgIpc) is 3.28. The Bertz CT molecular complexity index is 914. The zero-order valence-electron chi connectivity index (χ0n) is 13.7. The zero-order valence-corrected chi connectivity index (χ0v) is 13.7. The molecule has 2 aromatic carbocycles. The number of aromatic amines is 1. The summed E-state index contributed by atoms with van der Waals surface area (Å²) in [5.41, 5.74) is 5.32. The van der Waals surface area contributed by atoms with Gasteiger partial charge in [0.25, 0.3) is 0 Å². The first-order valence-corrected chi connectivity index (χ1v) is 8.36. The van der Waals surface area contributed by atoms with E-state index < -0.39 is 0 Å². The fourth-order valence-corrected chi connectivity index (χ4v) is 2.85. The largest absolute Gasteiger partial charge is 0.361 e. The second-order valence-corrected chi connectivity index (χ2v) is 6.48. The minimum absolute atomic E-state index is 0.0412. The number of rotatable bonds is 4. The molecule has 1 aromatic heterocycles. The van der Waals surface area contributed by atoms with Gasteiger partial charge in [-0.05, 0) is 66.1 Å². The lowest BCUT2D eigenvalue weighted by atomic mass is 10.0. The van der Waals surface area contributed by atoms with Crippen LogP contribution in [0, 0.1) is 0 Å². The second-order valence-electron chi connectivity index (χ2n) is 6.48. The normalized spacial score (nSPS) is 14.8. The number of aromatic nitrogens is 1. The van der Waals surface area contributed by atoms with Gasteiger partial charge in [0, 0.05) is 23.3 Å². The van der Waals surface area contributed by atoms with Gasteiger partial charge in [-0.15, -0.1) is 0 Å². The van der Waals surface area contributed by atoms with Gasteiger partial charge in [0.05, 0.1) is 0 Å². The lowest BCUT2D eigenvalue weighted by molar-refractivity contribution is -0.117. The van der Waals surface area contributed by atoms with Crippen molar-refractivity contribution in [2.75, 3.05) is 0 Å². The summed E-state index contributed by atoms with van der Waals surface area (Å²) in [5.74, 6) is 0.0412. The maximum atomic E-state index is 12.0. The van der Waals surface area contributed by atoms with Crippen LogP contribution in [-0.4, -0.2) is 16.9 Å². The molecule has 0 bridgehead atoms. The number of carbonyl (C=O) groups is 1. The topological polar surface area (TPSA) is 44.9 Å². The zero-order chi connectivity index (χ0) is 16.5. The number of carbonyl (C=O) groups excluding carboxylic acids is 1. The predicted octanol–water partition coefficient (Wildman–Crippen LogP) is 4.52. The molecule has 0 unspecified atom stereocenters. The summed E-state index contributed by atoms with van der Waals surface area (Å²) in [4.78, 5) is 15.2. The monoisotopic (exact) mass is 316 g/mol. The highest BCUT2D eigenvalue weighted by Crippen LogP contribution is 2.25. The molecule has 0 radical (unpaired) electrons. The van der Waals surface area contributed by atoms with Gasteiger partial charge in [-0.3, -0.25) is 4.79 Å². The number of hydrogen-bond donors (Lipinski definition) is 2. The smallest absolute Gasteiger partial charge is 0.247 e. The lowest BCUT2D eigenvalue weighted by Gasteiger charge is -2.05. The Morgan fingerprint density at radius 2 is 1.83 bits per heavy atom. The molecule has 0 atom stereocenters. The van der Waals surface area contributed by atoms with Crippen LogP contribution in [0.25, 0.3) is 28.1 Å². The molecule has 0 saturated heterocycles. The van der Waals surface area contributed by atoms with E-state index in [-0.39, 0.29) is 5.91 Å². The number of benzene rings is 2. The van der Waals surface area contributed by atoms with Crippen LogP contribution in [0.15, 0.2) is 60.3 Å². The fraction of sp³-hybridized carbons (Fsp3) is 0.190. The Hall–Kier alpha value is -2.81. The molecule has 0 spiro atoms. The van der Waals surface area contributed by atoms with E-state index >= 15 is 0 Å². The molecule has 1 fully saturated rings. The highest BCUT2D eigenvalue weighted by molar-refractivity contribution is 5.97. The van der Waals surface area contributed by atoms with E-state index in [2.05, 4.69) is 58.8 Å². The van der Waals surface area contributed by atoms with Gasteiger partial charge in [-0.2, -0.15) is 0 Å². The van der Waals surface area contributed by atoms with Crippen molar-refractivity contribution in [3.8, 4) is 11.1 Å².